The molecule has 0 fully saturated rings. The van der Waals surface area contributed by atoms with Gasteiger partial charge in [-0.25, -0.2) is 0 Å². The molecule has 0 saturated carbocycles. The van der Waals surface area contributed by atoms with E-state index in [0.717, 1.165) is 101 Å². The predicted octanol–water partition coefficient (Wildman–Crippen LogP) is 10.3. The maximum atomic E-state index is 12.8. The van der Waals surface area contributed by atoms with Crippen LogP contribution in [0.4, 0.5) is 0 Å². The molecule has 0 radical (unpaired) electrons. The highest BCUT2D eigenvalue weighted by molar-refractivity contribution is 7.45. The van der Waals surface area contributed by atoms with Crippen molar-refractivity contribution in [3.63, 3.8) is 0 Å². The fraction of sp³-hybridized carbons (Fsp3) is 0.833. The number of aliphatic hydroxyl groups excluding tert-OH is 2. The Hall–Kier alpha value is -2.05. The summed E-state index contributed by atoms with van der Waals surface area (Å²) in [5, 5.41) is 20.5. The molecule has 1 aromatic rings. The molecule has 1 unspecified atom stereocenters. The summed E-state index contributed by atoms with van der Waals surface area (Å²) >= 11 is 0. The second-order valence-corrected chi connectivity index (χ2v) is 19.4. The number of quaternary nitrogens is 1. The molecule has 13 heteroatoms. The average molecular weight is 886 g/mol. The van der Waals surface area contributed by atoms with Gasteiger partial charge in [-0.2, -0.15) is 0 Å². The van der Waals surface area contributed by atoms with Crippen LogP contribution >= 0.6 is 7.82 Å². The smallest absolute Gasteiger partial charge is 0.306 e. The van der Waals surface area contributed by atoms with Crippen molar-refractivity contribution in [3.8, 4) is 0 Å². The number of phosphoric ester groups is 1. The lowest BCUT2D eigenvalue weighted by Crippen LogP contribution is -2.37. The molecule has 4 atom stereocenters. The van der Waals surface area contributed by atoms with Gasteiger partial charge in [0.25, 0.3) is 7.82 Å². The summed E-state index contributed by atoms with van der Waals surface area (Å²) in [5.74, 6) is 1.35. The van der Waals surface area contributed by atoms with Gasteiger partial charge in [0, 0.05) is 25.7 Å². The zero-order valence-electron chi connectivity index (χ0n) is 39.6. The number of carbonyl (C=O) groups is 2. The fourth-order valence-electron chi connectivity index (χ4n) is 6.97. The van der Waals surface area contributed by atoms with Gasteiger partial charge in [-0.1, -0.05) is 116 Å². The van der Waals surface area contributed by atoms with E-state index in [1.54, 1.807) is 0 Å². The highest BCUT2D eigenvalue weighted by Crippen LogP contribution is 2.38. The van der Waals surface area contributed by atoms with Crippen LogP contribution in [0.15, 0.2) is 16.6 Å². The van der Waals surface area contributed by atoms with Crippen molar-refractivity contribution in [3.05, 3.63) is 34.8 Å². The van der Waals surface area contributed by atoms with E-state index < -0.39 is 44.7 Å². The molecule has 0 bridgehead atoms. The first-order chi connectivity index (χ1) is 29.1. The van der Waals surface area contributed by atoms with Crippen molar-refractivity contribution in [1.29, 1.82) is 0 Å². The van der Waals surface area contributed by atoms with Crippen LogP contribution in [0.3, 0.4) is 0 Å². The Morgan fingerprint density at radius 2 is 1.21 bits per heavy atom. The number of aliphatic hydroxyl groups is 2. The van der Waals surface area contributed by atoms with E-state index in [1.807, 2.05) is 27.2 Å². The van der Waals surface area contributed by atoms with Gasteiger partial charge in [-0.3, -0.25) is 14.2 Å². The first kappa shape index (κ1) is 57.0. The van der Waals surface area contributed by atoms with Crippen molar-refractivity contribution < 1.29 is 56.7 Å². The molecule has 0 saturated heterocycles. The van der Waals surface area contributed by atoms with Gasteiger partial charge in [-0.05, 0) is 76.3 Å². The maximum absolute atomic E-state index is 12.8. The summed E-state index contributed by atoms with van der Waals surface area (Å²) in [6.07, 6.45) is 25.1. The van der Waals surface area contributed by atoms with Crippen molar-refractivity contribution in [2.75, 3.05) is 47.5 Å². The molecule has 0 aliphatic carbocycles. The van der Waals surface area contributed by atoms with Crippen molar-refractivity contribution in [2.45, 2.75) is 213 Å². The topological polar surface area (TPSA) is 165 Å². The van der Waals surface area contributed by atoms with Crippen LogP contribution in [0.2, 0.25) is 0 Å². The Morgan fingerprint density at radius 1 is 0.689 bits per heavy atom. The average Bonchev–Trinajstić information content (AvgIpc) is 3.47. The van der Waals surface area contributed by atoms with Crippen LogP contribution in [0.5, 0.6) is 0 Å². The zero-order chi connectivity index (χ0) is 45.4. The van der Waals surface area contributed by atoms with Crippen LogP contribution in [0.1, 0.15) is 191 Å². The molecule has 0 aliphatic heterocycles. The van der Waals surface area contributed by atoms with Crippen LogP contribution in [0.25, 0.3) is 0 Å². The Bertz CT molecular complexity index is 1360. The number of phosphoric acid groups is 1. The fourth-order valence-corrected chi connectivity index (χ4v) is 7.70. The molecule has 0 aliphatic rings. The SMILES string of the molecule is CCCCC/C=C\C[C@@H](O)[C@H](O)CCCCCCCC(=O)OC[C@H](COP(=O)([O-])OCC[N+](C)(C)C)OC(=O)CCCCCCCCCCc1oc(CCCCC)c(C)c1C. The zero-order valence-corrected chi connectivity index (χ0v) is 40.5. The molecule has 0 spiro atoms. The highest BCUT2D eigenvalue weighted by atomic mass is 31.2. The van der Waals surface area contributed by atoms with Crippen LogP contribution in [-0.4, -0.2) is 92.5 Å². The molecule has 0 aromatic carbocycles. The van der Waals surface area contributed by atoms with Gasteiger partial charge in [0.2, 0.25) is 0 Å². The molecule has 356 valence electrons. The van der Waals surface area contributed by atoms with Gasteiger partial charge in [-0.15, -0.1) is 0 Å². The molecule has 12 nitrogen and oxygen atoms in total. The molecular formula is C48H88NO11P. The van der Waals surface area contributed by atoms with Crippen molar-refractivity contribution >= 4 is 19.8 Å². The van der Waals surface area contributed by atoms with Gasteiger partial charge >= 0.3 is 11.9 Å². The number of likely N-dealkylation sites (N-methyl/N-ethyl adjacent to an activating group) is 1. The second-order valence-electron chi connectivity index (χ2n) is 18.0. The number of furan rings is 1. The van der Waals surface area contributed by atoms with E-state index in [-0.39, 0.29) is 26.1 Å². The number of hydrogen-bond donors (Lipinski definition) is 2. The molecular weight excluding hydrogens is 797 g/mol. The number of ether oxygens (including phenoxy) is 2. The third kappa shape index (κ3) is 30.6. The number of unbranched alkanes of at least 4 members (excludes halogenated alkanes) is 16. The summed E-state index contributed by atoms with van der Waals surface area (Å²) in [4.78, 5) is 37.8. The van der Waals surface area contributed by atoms with E-state index in [1.165, 1.54) is 49.7 Å². The minimum Gasteiger partial charge on any atom is -0.756 e. The number of esters is 2. The quantitative estimate of drug-likeness (QED) is 0.0212. The summed E-state index contributed by atoms with van der Waals surface area (Å²) in [5.41, 5.74) is 2.63. The maximum Gasteiger partial charge on any atom is 0.306 e. The molecule has 61 heavy (non-hydrogen) atoms. The lowest BCUT2D eigenvalue weighted by atomic mass is 10.0. The number of aryl methyl sites for hydroxylation is 2. The first-order valence-corrected chi connectivity index (χ1v) is 25.4. The Morgan fingerprint density at radius 3 is 1.80 bits per heavy atom. The molecule has 2 N–H and O–H groups in total. The standard InChI is InChI=1S/C48H88NO11P/c1-8-10-12-13-19-25-30-43(50)44(51)31-26-20-18-23-28-34-47(52)56-38-42(39-58-61(54,55)57-37-36-49(5,6)7)59-48(53)35-29-22-17-15-14-16-21-27-33-46-41(4)40(3)45(60-46)32-24-11-9-2/h19,25,42-44,50-51H,8-18,20-24,26-39H2,1-7H3/b25-19-/t42-,43-,44-/m1/s1. The lowest BCUT2D eigenvalue weighted by molar-refractivity contribution is -0.870. The van der Waals surface area contributed by atoms with E-state index in [2.05, 4.69) is 33.8 Å². The van der Waals surface area contributed by atoms with E-state index in [9.17, 15) is 29.3 Å². The van der Waals surface area contributed by atoms with E-state index in [4.69, 9.17) is 22.9 Å². The Balaban J connectivity index is 2.38. The molecule has 0 amide bonds. The summed E-state index contributed by atoms with van der Waals surface area (Å²) < 4.78 is 40.1. The monoisotopic (exact) mass is 886 g/mol. The van der Waals surface area contributed by atoms with Gasteiger partial charge in [0.1, 0.15) is 31.3 Å². The number of rotatable bonds is 40. The summed E-state index contributed by atoms with van der Waals surface area (Å²) in [6.45, 7) is 8.29. The predicted molar refractivity (Wildman–Crippen MR) is 242 cm³/mol. The minimum absolute atomic E-state index is 0.0620. The van der Waals surface area contributed by atoms with Gasteiger partial charge in [0.15, 0.2) is 6.10 Å². The van der Waals surface area contributed by atoms with Gasteiger partial charge < -0.3 is 42.5 Å². The van der Waals surface area contributed by atoms with Crippen LogP contribution in [-0.2, 0) is 45.5 Å². The van der Waals surface area contributed by atoms with Crippen molar-refractivity contribution in [2.24, 2.45) is 0 Å². The third-order valence-corrected chi connectivity index (χ3v) is 12.2. The second kappa shape index (κ2) is 34.4. The van der Waals surface area contributed by atoms with E-state index >= 15 is 0 Å². The number of nitrogens with zero attached hydrogens (tertiary/aromatic N) is 1. The number of hydrogen-bond acceptors (Lipinski definition) is 11. The first-order valence-electron chi connectivity index (χ1n) is 23.9. The molecule has 1 heterocycles. The minimum atomic E-state index is -4.67. The van der Waals surface area contributed by atoms with Crippen molar-refractivity contribution in [1.82, 2.24) is 0 Å². The molecule has 1 rings (SSSR count). The largest absolute Gasteiger partial charge is 0.756 e. The van der Waals surface area contributed by atoms with E-state index in [0.29, 0.717) is 36.7 Å². The summed E-state index contributed by atoms with van der Waals surface area (Å²) in [6, 6.07) is 0. The Labute approximate surface area is 370 Å². The molecule has 1 aromatic heterocycles. The summed E-state index contributed by atoms with van der Waals surface area (Å²) in [7, 11) is 1.06. The van der Waals surface area contributed by atoms with Crippen LogP contribution in [0, 0.1) is 13.8 Å². The number of carbonyl (C=O) groups excluding carboxylic acids is 2. The third-order valence-electron chi connectivity index (χ3n) is 11.2. The highest BCUT2D eigenvalue weighted by Gasteiger charge is 2.22. The lowest BCUT2D eigenvalue weighted by Gasteiger charge is -2.28. The Kier molecular flexibility index (Phi) is 32.1. The van der Waals surface area contributed by atoms with Gasteiger partial charge in [0.05, 0.1) is 40.0 Å². The normalized spacial score (nSPS) is 14.6. The number of allylic oxidation sites excluding steroid dienone is 1. The van der Waals surface area contributed by atoms with Crippen LogP contribution < -0.4 is 4.89 Å².